The number of halogens is 4. The fourth-order valence-corrected chi connectivity index (χ4v) is 3.35. The van der Waals surface area contributed by atoms with Crippen molar-refractivity contribution in [3.8, 4) is 0 Å². The van der Waals surface area contributed by atoms with E-state index in [-0.39, 0.29) is 23.8 Å². The number of carbonyl (C=O) groups excluding carboxylic acids is 2. The normalized spacial score (nSPS) is 32.4. The van der Waals surface area contributed by atoms with E-state index in [1.807, 2.05) is 6.08 Å². The molecule has 1 N–H and O–H groups in total. The van der Waals surface area contributed by atoms with Crippen LogP contribution in [0.25, 0.3) is 0 Å². The van der Waals surface area contributed by atoms with Gasteiger partial charge in [0.25, 0.3) is 0 Å². The first-order valence-electron chi connectivity index (χ1n) is 7.61. The Bertz CT molecular complexity index is 533. The Balaban J connectivity index is 1.65. The minimum atomic E-state index is -4.38. The molecule has 4 nitrogen and oxygen atoms in total. The topological polar surface area (TPSA) is 55.4 Å². The van der Waals surface area contributed by atoms with Crippen LogP contribution in [0.3, 0.4) is 0 Å². The summed E-state index contributed by atoms with van der Waals surface area (Å²) in [6, 6.07) is 0.116. The Morgan fingerprint density at radius 3 is 2.35 bits per heavy atom. The molecule has 4 atom stereocenters. The molecule has 0 aliphatic heterocycles. The molecule has 0 aromatic carbocycles. The van der Waals surface area contributed by atoms with E-state index < -0.39 is 36.8 Å². The molecule has 0 spiro atoms. The quantitative estimate of drug-likeness (QED) is 0.460. The predicted octanol–water partition coefficient (Wildman–Crippen LogP) is 2.15. The average Bonchev–Trinajstić information content (AvgIpc) is 3.06. The van der Waals surface area contributed by atoms with Crippen molar-refractivity contribution in [3.63, 3.8) is 0 Å². The molecule has 0 aromatic rings. The van der Waals surface area contributed by atoms with Crippen molar-refractivity contribution >= 4 is 11.9 Å². The van der Waals surface area contributed by atoms with Gasteiger partial charge in [-0.1, -0.05) is 12.2 Å². The SMILES string of the molecule is O=C(NC1CC1)[C@@H]1[C@H](C(=O)OCC(F)(F)C(F)F)[C@H]2C=C[C@H]1C2. The van der Waals surface area contributed by atoms with Crippen LogP contribution in [0.2, 0.25) is 0 Å². The van der Waals surface area contributed by atoms with Crippen LogP contribution in [0.1, 0.15) is 19.3 Å². The van der Waals surface area contributed by atoms with Gasteiger partial charge >= 0.3 is 18.3 Å². The first-order valence-corrected chi connectivity index (χ1v) is 7.61. The van der Waals surface area contributed by atoms with Crippen molar-refractivity contribution in [1.82, 2.24) is 5.32 Å². The van der Waals surface area contributed by atoms with Gasteiger partial charge in [-0.15, -0.1) is 0 Å². The molecule has 23 heavy (non-hydrogen) atoms. The summed E-state index contributed by atoms with van der Waals surface area (Å²) in [4.78, 5) is 24.4. The first kappa shape index (κ1) is 16.3. The molecule has 3 rings (SSSR count). The zero-order chi connectivity index (χ0) is 16.8. The molecule has 3 aliphatic rings. The molecule has 2 fully saturated rings. The maximum Gasteiger partial charge on any atom is 0.340 e. The highest BCUT2D eigenvalue weighted by Gasteiger charge is 2.53. The van der Waals surface area contributed by atoms with E-state index in [1.165, 1.54) is 0 Å². The van der Waals surface area contributed by atoms with E-state index >= 15 is 0 Å². The van der Waals surface area contributed by atoms with Gasteiger partial charge in [-0.3, -0.25) is 9.59 Å². The third-order valence-corrected chi connectivity index (χ3v) is 4.68. The van der Waals surface area contributed by atoms with E-state index in [1.54, 1.807) is 6.08 Å². The number of amides is 1. The Labute approximate surface area is 130 Å². The summed E-state index contributed by atoms with van der Waals surface area (Å²) in [5, 5.41) is 2.81. The summed E-state index contributed by atoms with van der Waals surface area (Å²) in [7, 11) is 0. The van der Waals surface area contributed by atoms with Crippen LogP contribution in [0.5, 0.6) is 0 Å². The molecule has 128 valence electrons. The summed E-state index contributed by atoms with van der Waals surface area (Å²) in [5.41, 5.74) is 0. The fraction of sp³-hybridized carbons (Fsp3) is 0.733. The number of allylic oxidation sites excluding steroid dienone is 2. The molecule has 0 heterocycles. The van der Waals surface area contributed by atoms with Crippen molar-refractivity contribution in [2.24, 2.45) is 23.7 Å². The van der Waals surface area contributed by atoms with Gasteiger partial charge in [0, 0.05) is 6.04 Å². The third-order valence-electron chi connectivity index (χ3n) is 4.68. The van der Waals surface area contributed by atoms with Gasteiger partial charge in [-0.2, -0.15) is 8.78 Å². The Kier molecular flexibility index (Phi) is 4.10. The van der Waals surface area contributed by atoms with E-state index in [9.17, 15) is 27.2 Å². The van der Waals surface area contributed by atoms with Crippen molar-refractivity contribution in [1.29, 1.82) is 0 Å². The lowest BCUT2D eigenvalue weighted by molar-refractivity contribution is -0.184. The van der Waals surface area contributed by atoms with Gasteiger partial charge in [0.1, 0.15) is 0 Å². The number of alkyl halides is 4. The maximum atomic E-state index is 12.9. The van der Waals surface area contributed by atoms with Crippen molar-refractivity contribution in [3.05, 3.63) is 12.2 Å². The van der Waals surface area contributed by atoms with Crippen LogP contribution in [0.15, 0.2) is 12.2 Å². The van der Waals surface area contributed by atoms with Crippen LogP contribution in [-0.4, -0.2) is 36.9 Å². The van der Waals surface area contributed by atoms with Crippen LogP contribution in [0, 0.1) is 23.7 Å². The number of rotatable bonds is 6. The minimum Gasteiger partial charge on any atom is -0.459 e. The molecule has 0 aromatic heterocycles. The lowest BCUT2D eigenvalue weighted by Crippen LogP contribution is -2.42. The summed E-state index contributed by atoms with van der Waals surface area (Å²) in [6.45, 7) is -1.67. The average molecular weight is 335 g/mol. The molecule has 0 saturated heterocycles. The van der Waals surface area contributed by atoms with Crippen molar-refractivity contribution < 1.29 is 31.9 Å². The third kappa shape index (κ3) is 3.21. The minimum absolute atomic E-state index is 0.116. The number of carbonyl (C=O) groups is 2. The van der Waals surface area contributed by atoms with E-state index in [4.69, 9.17) is 0 Å². The zero-order valence-corrected chi connectivity index (χ0v) is 12.2. The summed E-state index contributed by atoms with van der Waals surface area (Å²) < 4.78 is 54.5. The molecule has 8 heteroatoms. The molecule has 3 aliphatic carbocycles. The maximum absolute atomic E-state index is 12.9. The fourth-order valence-electron chi connectivity index (χ4n) is 3.35. The lowest BCUT2D eigenvalue weighted by Gasteiger charge is -2.26. The predicted molar refractivity (Wildman–Crippen MR) is 70.8 cm³/mol. The van der Waals surface area contributed by atoms with Gasteiger partial charge in [-0.25, -0.2) is 8.78 Å². The number of ether oxygens (including phenoxy) is 1. The van der Waals surface area contributed by atoms with Gasteiger partial charge < -0.3 is 10.1 Å². The van der Waals surface area contributed by atoms with E-state index in [0.717, 1.165) is 12.8 Å². The van der Waals surface area contributed by atoms with Crippen LogP contribution < -0.4 is 5.32 Å². The monoisotopic (exact) mass is 335 g/mol. The molecule has 1 amide bonds. The highest BCUT2D eigenvalue weighted by molar-refractivity contribution is 5.87. The smallest absolute Gasteiger partial charge is 0.340 e. The highest BCUT2D eigenvalue weighted by atomic mass is 19.3. The molecular weight excluding hydrogens is 318 g/mol. The molecular formula is C15H17F4NO3. The number of nitrogens with one attached hydrogen (secondary N) is 1. The zero-order valence-electron chi connectivity index (χ0n) is 12.2. The number of hydrogen-bond donors (Lipinski definition) is 1. The van der Waals surface area contributed by atoms with Crippen LogP contribution >= 0.6 is 0 Å². The Morgan fingerprint density at radius 1 is 1.17 bits per heavy atom. The van der Waals surface area contributed by atoms with Gasteiger partial charge in [-0.05, 0) is 31.1 Å². The van der Waals surface area contributed by atoms with Gasteiger partial charge in [0.2, 0.25) is 5.91 Å². The van der Waals surface area contributed by atoms with Crippen molar-refractivity contribution in [2.45, 2.75) is 37.7 Å². The molecule has 2 saturated carbocycles. The first-order chi connectivity index (χ1) is 10.8. The largest absolute Gasteiger partial charge is 0.459 e. The summed E-state index contributed by atoms with van der Waals surface area (Å²) >= 11 is 0. The summed E-state index contributed by atoms with van der Waals surface area (Å²) in [5.74, 6) is -7.61. The van der Waals surface area contributed by atoms with E-state index in [2.05, 4.69) is 10.1 Å². The van der Waals surface area contributed by atoms with Crippen LogP contribution in [0.4, 0.5) is 17.6 Å². The van der Waals surface area contributed by atoms with Crippen LogP contribution in [-0.2, 0) is 14.3 Å². The highest BCUT2D eigenvalue weighted by Crippen LogP contribution is 2.49. The Hall–Kier alpha value is -1.60. The summed E-state index contributed by atoms with van der Waals surface area (Å²) in [6.07, 6.45) is 2.07. The lowest BCUT2D eigenvalue weighted by atomic mass is 9.82. The molecule has 2 bridgehead atoms. The second kappa shape index (κ2) is 5.79. The van der Waals surface area contributed by atoms with E-state index in [0.29, 0.717) is 6.42 Å². The molecule has 0 radical (unpaired) electrons. The Morgan fingerprint density at radius 2 is 1.78 bits per heavy atom. The standard InChI is InChI=1S/C15H17F4NO3/c16-14(17)15(18,19)6-23-13(22)11-8-2-1-7(5-8)10(11)12(21)20-9-3-4-9/h1-2,7-11,14H,3-6H2,(H,20,21)/t7-,8-,10-,11+/m0/s1. The van der Waals surface area contributed by atoms with Gasteiger partial charge in [0.15, 0.2) is 6.61 Å². The second-order valence-corrected chi connectivity index (χ2v) is 6.45. The number of hydrogen-bond acceptors (Lipinski definition) is 3. The second-order valence-electron chi connectivity index (χ2n) is 6.45. The molecule has 0 unspecified atom stereocenters. The number of fused-ring (bicyclic) bond motifs is 2. The van der Waals surface area contributed by atoms with Gasteiger partial charge in [0.05, 0.1) is 11.8 Å². The number of esters is 1. The van der Waals surface area contributed by atoms with Crippen molar-refractivity contribution in [2.75, 3.05) is 6.61 Å².